The number of carbonyl (C=O) groups excluding carboxylic acids is 1. The van der Waals surface area contributed by atoms with Crippen LogP contribution in [0.25, 0.3) is 0 Å². The number of amides is 1. The zero-order valence-corrected chi connectivity index (χ0v) is 12.4. The lowest BCUT2D eigenvalue weighted by molar-refractivity contribution is 0.0361. The van der Waals surface area contributed by atoms with E-state index in [2.05, 4.69) is 5.32 Å². The van der Waals surface area contributed by atoms with Crippen LogP contribution in [0, 0.1) is 0 Å². The van der Waals surface area contributed by atoms with Crippen LogP contribution >= 0.6 is 0 Å². The molecule has 0 spiro atoms. The summed E-state index contributed by atoms with van der Waals surface area (Å²) in [5, 5.41) is 29.1. The summed E-state index contributed by atoms with van der Waals surface area (Å²) in [6.45, 7) is -2.10. The Morgan fingerprint density at radius 1 is 1.24 bits per heavy atom. The van der Waals surface area contributed by atoms with E-state index in [1.54, 1.807) is 0 Å². The Balaban J connectivity index is 2.99. The summed E-state index contributed by atoms with van der Waals surface area (Å²) in [7, 11) is -1.19. The molecule has 0 aliphatic carbocycles. The van der Waals surface area contributed by atoms with Crippen molar-refractivity contribution < 1.29 is 32.9 Å². The largest absolute Gasteiger partial charge is 0.438 e. The third-order valence-corrected chi connectivity index (χ3v) is 4.52. The van der Waals surface area contributed by atoms with E-state index < -0.39 is 46.4 Å². The van der Waals surface area contributed by atoms with Gasteiger partial charge in [-0.15, -0.1) is 0 Å². The van der Waals surface area contributed by atoms with E-state index in [4.69, 9.17) is 19.7 Å². The number of carbonyl (C=O) groups is 1. The van der Waals surface area contributed by atoms with Gasteiger partial charge in [0, 0.05) is 14.1 Å². The van der Waals surface area contributed by atoms with Gasteiger partial charge < -0.3 is 25.1 Å². The molecule has 4 N–H and O–H groups in total. The first-order chi connectivity index (χ1) is 9.72. The second-order valence-electron chi connectivity index (χ2n) is 4.61. The molecule has 0 bridgehead atoms. The first-order valence-electron chi connectivity index (χ1n) is 5.90. The van der Waals surface area contributed by atoms with E-state index in [0.29, 0.717) is 0 Å². The minimum absolute atomic E-state index is 0.324. The molecule has 0 unspecified atom stereocenters. The van der Waals surface area contributed by atoms with E-state index in [1.165, 1.54) is 14.1 Å². The molecule has 21 heavy (non-hydrogen) atoms. The van der Waals surface area contributed by atoms with Crippen LogP contribution in [-0.2, 0) is 10.0 Å². The smallest absolute Gasteiger partial charge is 0.287 e. The van der Waals surface area contributed by atoms with Gasteiger partial charge in [-0.1, -0.05) is 0 Å². The standard InChI is InChI=1S/C11H18N2O7S/c1-13(2)21(18,19)9-4-3-8(20-9)10(17)12-11(5-14,6-15)7-16/h3-4,14-16H,5-7H2,1-2H3,(H,12,17). The Kier molecular flexibility index (Phi) is 5.48. The molecule has 1 rings (SSSR count). The second kappa shape index (κ2) is 6.54. The van der Waals surface area contributed by atoms with Crippen LogP contribution in [0.2, 0.25) is 0 Å². The van der Waals surface area contributed by atoms with Crippen LogP contribution in [0.3, 0.4) is 0 Å². The van der Waals surface area contributed by atoms with Crippen molar-refractivity contribution in [2.45, 2.75) is 10.6 Å². The summed E-state index contributed by atoms with van der Waals surface area (Å²) >= 11 is 0. The van der Waals surface area contributed by atoms with Crippen molar-refractivity contribution in [3.05, 3.63) is 17.9 Å². The number of aliphatic hydroxyl groups excluding tert-OH is 3. The van der Waals surface area contributed by atoms with Gasteiger partial charge in [-0.05, 0) is 12.1 Å². The van der Waals surface area contributed by atoms with E-state index in [1.807, 2.05) is 0 Å². The fourth-order valence-corrected chi connectivity index (χ4v) is 2.13. The normalized spacial score (nSPS) is 12.7. The van der Waals surface area contributed by atoms with Crippen LogP contribution < -0.4 is 5.32 Å². The minimum atomic E-state index is -3.81. The predicted octanol–water partition coefficient (Wildman–Crippen LogP) is -2.02. The van der Waals surface area contributed by atoms with Crippen LogP contribution in [0.4, 0.5) is 0 Å². The van der Waals surface area contributed by atoms with Crippen molar-refractivity contribution in [2.75, 3.05) is 33.9 Å². The molecule has 1 heterocycles. The zero-order chi connectivity index (χ0) is 16.3. The predicted molar refractivity (Wildman–Crippen MR) is 71.0 cm³/mol. The maximum absolute atomic E-state index is 11.9. The van der Waals surface area contributed by atoms with Crippen molar-refractivity contribution in [3.63, 3.8) is 0 Å². The molecule has 0 saturated heterocycles. The van der Waals surface area contributed by atoms with Gasteiger partial charge in [0.1, 0.15) is 5.54 Å². The van der Waals surface area contributed by atoms with Gasteiger partial charge in [-0.2, -0.15) is 0 Å². The summed E-state index contributed by atoms with van der Waals surface area (Å²) in [4.78, 5) is 11.9. The molecule has 0 atom stereocenters. The average Bonchev–Trinajstić information content (AvgIpc) is 2.95. The monoisotopic (exact) mass is 322 g/mol. The summed E-state index contributed by atoms with van der Waals surface area (Å²) < 4.78 is 29.5. The Labute approximate surface area is 121 Å². The number of furan rings is 1. The first-order valence-corrected chi connectivity index (χ1v) is 7.34. The molecular weight excluding hydrogens is 304 g/mol. The summed E-state index contributed by atoms with van der Waals surface area (Å²) in [6, 6.07) is 2.26. The van der Waals surface area contributed by atoms with E-state index in [0.717, 1.165) is 16.4 Å². The van der Waals surface area contributed by atoms with E-state index >= 15 is 0 Å². The quantitative estimate of drug-likeness (QED) is 0.454. The van der Waals surface area contributed by atoms with Crippen LogP contribution in [-0.4, -0.2) is 73.4 Å². The van der Waals surface area contributed by atoms with Crippen molar-refractivity contribution >= 4 is 15.9 Å². The lowest BCUT2D eigenvalue weighted by Gasteiger charge is -2.28. The highest BCUT2D eigenvalue weighted by atomic mass is 32.2. The van der Waals surface area contributed by atoms with Gasteiger partial charge >= 0.3 is 0 Å². The number of hydrogen-bond acceptors (Lipinski definition) is 7. The van der Waals surface area contributed by atoms with Gasteiger partial charge in [0.25, 0.3) is 15.9 Å². The lowest BCUT2D eigenvalue weighted by Crippen LogP contribution is -2.57. The minimum Gasteiger partial charge on any atom is -0.438 e. The maximum Gasteiger partial charge on any atom is 0.287 e. The Morgan fingerprint density at radius 2 is 1.76 bits per heavy atom. The van der Waals surface area contributed by atoms with Gasteiger partial charge in [0.05, 0.1) is 19.8 Å². The second-order valence-corrected chi connectivity index (χ2v) is 6.70. The number of nitrogens with zero attached hydrogens (tertiary/aromatic N) is 1. The molecule has 10 heteroatoms. The Morgan fingerprint density at radius 3 is 2.19 bits per heavy atom. The van der Waals surface area contributed by atoms with Gasteiger partial charge in [0.2, 0.25) is 5.09 Å². The number of aliphatic hydroxyl groups is 3. The summed E-state index contributed by atoms with van der Waals surface area (Å²) in [5.74, 6) is -1.19. The molecule has 120 valence electrons. The molecule has 0 saturated carbocycles. The molecular formula is C11H18N2O7S. The molecule has 0 radical (unpaired) electrons. The first kappa shape index (κ1) is 17.6. The zero-order valence-electron chi connectivity index (χ0n) is 11.6. The van der Waals surface area contributed by atoms with E-state index in [9.17, 15) is 13.2 Å². The molecule has 0 fully saturated rings. The highest BCUT2D eigenvalue weighted by Crippen LogP contribution is 2.17. The average molecular weight is 322 g/mol. The Bertz CT molecular complexity index is 581. The third kappa shape index (κ3) is 3.60. The van der Waals surface area contributed by atoms with Crippen LogP contribution in [0.1, 0.15) is 10.6 Å². The molecule has 0 aromatic carbocycles. The van der Waals surface area contributed by atoms with E-state index in [-0.39, 0.29) is 5.76 Å². The summed E-state index contributed by atoms with van der Waals surface area (Å²) in [5.41, 5.74) is -1.62. The topological polar surface area (TPSA) is 140 Å². The van der Waals surface area contributed by atoms with Crippen molar-refractivity contribution in [1.29, 1.82) is 0 Å². The third-order valence-electron chi connectivity index (χ3n) is 2.83. The number of rotatable bonds is 7. The van der Waals surface area contributed by atoms with Crippen LogP contribution in [0.5, 0.6) is 0 Å². The highest BCUT2D eigenvalue weighted by molar-refractivity contribution is 7.88. The molecule has 1 aromatic rings. The number of nitrogens with one attached hydrogen (secondary N) is 1. The lowest BCUT2D eigenvalue weighted by atomic mass is 10.0. The molecule has 1 aromatic heterocycles. The van der Waals surface area contributed by atoms with Gasteiger partial charge in [-0.25, -0.2) is 12.7 Å². The van der Waals surface area contributed by atoms with Crippen molar-refractivity contribution in [2.24, 2.45) is 0 Å². The van der Waals surface area contributed by atoms with Gasteiger partial charge in [-0.3, -0.25) is 4.79 Å². The molecule has 9 nitrogen and oxygen atoms in total. The summed E-state index contributed by atoms with van der Waals surface area (Å²) in [6.07, 6.45) is 0. The van der Waals surface area contributed by atoms with Crippen molar-refractivity contribution in [1.82, 2.24) is 9.62 Å². The highest BCUT2D eigenvalue weighted by Gasteiger charge is 2.32. The van der Waals surface area contributed by atoms with Crippen LogP contribution in [0.15, 0.2) is 21.6 Å². The Hall–Kier alpha value is -1.46. The van der Waals surface area contributed by atoms with Crippen molar-refractivity contribution in [3.8, 4) is 0 Å². The number of hydrogen-bond donors (Lipinski definition) is 4. The molecule has 1 amide bonds. The molecule has 0 aliphatic heterocycles. The number of sulfonamides is 1. The fraction of sp³-hybridized carbons (Fsp3) is 0.545. The SMILES string of the molecule is CN(C)S(=O)(=O)c1ccc(C(=O)NC(CO)(CO)CO)o1. The maximum atomic E-state index is 11.9. The van der Waals surface area contributed by atoms with Gasteiger partial charge in [0.15, 0.2) is 5.76 Å². The molecule has 0 aliphatic rings. The fourth-order valence-electron chi connectivity index (χ4n) is 1.33.